The van der Waals surface area contributed by atoms with Crippen molar-refractivity contribution in [3.63, 3.8) is 0 Å². The van der Waals surface area contributed by atoms with Crippen LogP contribution in [0.25, 0.3) is 0 Å². The van der Waals surface area contributed by atoms with E-state index in [1.54, 1.807) is 28.4 Å². The lowest BCUT2D eigenvalue weighted by Crippen LogP contribution is -2.37. The fourth-order valence-electron chi connectivity index (χ4n) is 4.73. The zero-order valence-corrected chi connectivity index (χ0v) is 17.5. The van der Waals surface area contributed by atoms with Crippen LogP contribution >= 0.6 is 11.3 Å². The third-order valence-corrected chi connectivity index (χ3v) is 7.45. The van der Waals surface area contributed by atoms with Crippen molar-refractivity contribution < 1.29 is 14.0 Å². The molecule has 2 aliphatic rings. The number of thiophene rings is 1. The van der Waals surface area contributed by atoms with Crippen LogP contribution in [-0.4, -0.2) is 23.3 Å². The molecule has 1 aromatic carbocycles. The van der Waals surface area contributed by atoms with Crippen LogP contribution in [0.5, 0.6) is 0 Å². The van der Waals surface area contributed by atoms with Crippen molar-refractivity contribution in [1.29, 1.82) is 0 Å². The van der Waals surface area contributed by atoms with Gasteiger partial charge in [-0.25, -0.2) is 0 Å². The van der Waals surface area contributed by atoms with Gasteiger partial charge in [0.15, 0.2) is 5.76 Å². The highest BCUT2D eigenvalue weighted by Gasteiger charge is 2.43. The van der Waals surface area contributed by atoms with Crippen molar-refractivity contribution in [2.75, 3.05) is 11.9 Å². The average Bonchev–Trinajstić information content (AvgIpc) is 3.55. The first-order valence-corrected chi connectivity index (χ1v) is 11.3. The second kappa shape index (κ2) is 7.76. The molecule has 5 nitrogen and oxygen atoms in total. The van der Waals surface area contributed by atoms with Crippen LogP contribution in [0.4, 0.5) is 5.69 Å². The molecular weight excluding hydrogens is 396 g/mol. The van der Waals surface area contributed by atoms with Crippen LogP contribution in [0, 0.1) is 0 Å². The van der Waals surface area contributed by atoms with Crippen LogP contribution in [0.1, 0.15) is 52.2 Å². The lowest BCUT2D eigenvalue weighted by Gasteiger charge is -2.29. The molecule has 3 heterocycles. The maximum atomic E-state index is 13.3. The largest absolute Gasteiger partial charge is 0.459 e. The van der Waals surface area contributed by atoms with Gasteiger partial charge in [0.1, 0.15) is 0 Å². The van der Waals surface area contributed by atoms with Gasteiger partial charge in [-0.3, -0.25) is 9.59 Å². The summed E-state index contributed by atoms with van der Waals surface area (Å²) in [6, 6.07) is 13.6. The van der Waals surface area contributed by atoms with Crippen molar-refractivity contribution in [3.05, 3.63) is 75.9 Å². The highest BCUT2D eigenvalue weighted by molar-refractivity contribution is 7.10. The Hall–Kier alpha value is -2.86. The smallest absolute Gasteiger partial charge is 0.289 e. The van der Waals surface area contributed by atoms with E-state index in [9.17, 15) is 9.59 Å². The number of benzene rings is 1. The minimum Gasteiger partial charge on any atom is -0.459 e. The van der Waals surface area contributed by atoms with Gasteiger partial charge in [-0.2, -0.15) is 0 Å². The molecule has 5 rings (SSSR count). The second-order valence-electron chi connectivity index (χ2n) is 8.16. The number of carbonyl (C=O) groups is 2. The number of furan rings is 1. The van der Waals surface area contributed by atoms with E-state index in [1.165, 1.54) is 11.8 Å². The van der Waals surface area contributed by atoms with Crippen LogP contribution in [0.15, 0.2) is 58.5 Å². The zero-order chi connectivity index (χ0) is 20.6. The van der Waals surface area contributed by atoms with Gasteiger partial charge in [0.25, 0.3) is 5.91 Å². The summed E-state index contributed by atoms with van der Waals surface area (Å²) in [5, 5.41) is 5.23. The van der Waals surface area contributed by atoms with Crippen molar-refractivity contribution >= 4 is 28.8 Å². The fourth-order valence-corrected chi connectivity index (χ4v) is 5.71. The molecule has 2 aromatic heterocycles. The molecule has 0 atom stereocenters. The third-order valence-electron chi connectivity index (χ3n) is 6.38. The zero-order valence-electron chi connectivity index (χ0n) is 16.7. The molecule has 30 heavy (non-hydrogen) atoms. The number of rotatable bonds is 4. The fraction of sp³-hybridized carbons (Fsp3) is 0.333. The van der Waals surface area contributed by atoms with Crippen LogP contribution in [0.2, 0.25) is 0 Å². The van der Waals surface area contributed by atoms with Gasteiger partial charge in [-0.05, 0) is 66.1 Å². The molecule has 1 N–H and O–H groups in total. The van der Waals surface area contributed by atoms with Gasteiger partial charge in [0.2, 0.25) is 5.91 Å². The Bertz CT molecular complexity index is 1050. The van der Waals surface area contributed by atoms with Gasteiger partial charge in [-0.1, -0.05) is 25.0 Å². The van der Waals surface area contributed by atoms with Crippen LogP contribution < -0.4 is 5.32 Å². The number of hydrogen-bond donors (Lipinski definition) is 1. The molecule has 0 bridgehead atoms. The van der Waals surface area contributed by atoms with E-state index >= 15 is 0 Å². The Labute approximate surface area is 179 Å². The Morgan fingerprint density at radius 2 is 1.93 bits per heavy atom. The molecule has 0 spiro atoms. The number of fused-ring (bicyclic) bond motifs is 1. The summed E-state index contributed by atoms with van der Waals surface area (Å²) in [7, 11) is 0. The topological polar surface area (TPSA) is 62.6 Å². The van der Waals surface area contributed by atoms with Gasteiger partial charge < -0.3 is 14.6 Å². The van der Waals surface area contributed by atoms with Crippen molar-refractivity contribution in [2.24, 2.45) is 0 Å². The minimum absolute atomic E-state index is 0.0849. The normalized spacial score (nSPS) is 17.5. The Morgan fingerprint density at radius 3 is 2.67 bits per heavy atom. The van der Waals surface area contributed by atoms with Gasteiger partial charge in [0, 0.05) is 23.7 Å². The third kappa shape index (κ3) is 3.35. The summed E-state index contributed by atoms with van der Waals surface area (Å²) >= 11 is 1.67. The minimum atomic E-state index is -0.411. The molecule has 154 valence electrons. The molecular formula is C24H24N2O3S. The first-order valence-electron chi connectivity index (χ1n) is 10.5. The first kappa shape index (κ1) is 19.1. The predicted octanol–water partition coefficient (Wildman–Crippen LogP) is 4.99. The molecule has 1 aliphatic carbocycles. The highest BCUT2D eigenvalue weighted by atomic mass is 32.1. The van der Waals surface area contributed by atoms with Crippen LogP contribution in [-0.2, 0) is 23.2 Å². The number of nitrogens with one attached hydrogen (secondary N) is 1. The Kier molecular flexibility index (Phi) is 4.95. The molecule has 6 heteroatoms. The van der Waals surface area contributed by atoms with E-state index in [2.05, 4.69) is 17.4 Å². The number of amides is 2. The van der Waals surface area contributed by atoms with Crippen molar-refractivity contribution in [1.82, 2.24) is 4.90 Å². The summed E-state index contributed by atoms with van der Waals surface area (Å²) in [4.78, 5) is 29.0. The van der Waals surface area contributed by atoms with Crippen molar-refractivity contribution in [2.45, 2.75) is 44.1 Å². The Morgan fingerprint density at radius 1 is 1.07 bits per heavy atom. The summed E-state index contributed by atoms with van der Waals surface area (Å²) in [6.07, 6.45) is 6.28. The molecule has 0 radical (unpaired) electrons. The van der Waals surface area contributed by atoms with Gasteiger partial charge in [-0.15, -0.1) is 11.3 Å². The van der Waals surface area contributed by atoms with Gasteiger partial charge >= 0.3 is 0 Å². The lowest BCUT2D eigenvalue weighted by molar-refractivity contribution is -0.121. The highest BCUT2D eigenvalue weighted by Crippen LogP contribution is 2.44. The molecule has 1 saturated carbocycles. The summed E-state index contributed by atoms with van der Waals surface area (Å²) in [5.74, 6) is 0.353. The van der Waals surface area contributed by atoms with E-state index in [0.717, 1.165) is 48.2 Å². The standard InChI is InChI=1S/C24H24N2O3S/c27-22(20-5-3-13-29-20)26-12-9-17-7-8-19(15-18(17)16-26)25-23(28)24(10-1-2-11-24)21-6-4-14-30-21/h3-8,13-15H,1-2,9-12,16H2,(H,25,28). The summed E-state index contributed by atoms with van der Waals surface area (Å²) < 4.78 is 5.27. The van der Waals surface area contributed by atoms with E-state index in [-0.39, 0.29) is 11.8 Å². The summed E-state index contributed by atoms with van der Waals surface area (Å²) in [6.45, 7) is 1.19. The number of carbonyl (C=O) groups excluding carboxylic acids is 2. The number of hydrogen-bond acceptors (Lipinski definition) is 4. The maximum absolute atomic E-state index is 13.3. The van der Waals surface area contributed by atoms with E-state index < -0.39 is 5.41 Å². The monoisotopic (exact) mass is 420 g/mol. The molecule has 0 saturated heterocycles. The van der Waals surface area contributed by atoms with Crippen LogP contribution in [0.3, 0.4) is 0 Å². The van der Waals surface area contributed by atoms with Crippen molar-refractivity contribution in [3.8, 4) is 0 Å². The molecule has 1 fully saturated rings. The molecule has 1 aliphatic heterocycles. The molecule has 0 unspecified atom stereocenters. The number of nitrogens with zero attached hydrogens (tertiary/aromatic N) is 1. The predicted molar refractivity (Wildman–Crippen MR) is 117 cm³/mol. The molecule has 3 aromatic rings. The Balaban J connectivity index is 1.35. The SMILES string of the molecule is O=C(c1ccco1)N1CCc2ccc(NC(=O)C3(c4cccs4)CCCC3)cc2C1. The first-order chi connectivity index (χ1) is 14.7. The average molecular weight is 421 g/mol. The van der Waals surface area contributed by atoms with E-state index in [4.69, 9.17) is 4.42 Å². The van der Waals surface area contributed by atoms with E-state index in [1.807, 2.05) is 23.6 Å². The molecule has 2 amide bonds. The lowest BCUT2D eigenvalue weighted by atomic mass is 9.83. The maximum Gasteiger partial charge on any atom is 0.289 e. The number of anilines is 1. The quantitative estimate of drug-likeness (QED) is 0.647. The second-order valence-corrected chi connectivity index (χ2v) is 9.11. The summed E-state index contributed by atoms with van der Waals surface area (Å²) in [5.41, 5.74) is 2.69. The van der Waals surface area contributed by atoms with Gasteiger partial charge in [0.05, 0.1) is 11.7 Å². The van der Waals surface area contributed by atoms with E-state index in [0.29, 0.717) is 18.8 Å².